The molecular weight excluding hydrogens is 254 g/mol. The largest absolute Gasteiger partial charge is 0.289 e. The molecule has 0 bridgehead atoms. The van der Waals surface area contributed by atoms with Gasteiger partial charge in [-0.2, -0.15) is 0 Å². The van der Waals surface area contributed by atoms with Crippen LogP contribution < -0.4 is 0 Å². The van der Waals surface area contributed by atoms with Gasteiger partial charge in [0.25, 0.3) is 0 Å². The first-order valence-electron chi connectivity index (χ1n) is 5.98. The molecule has 1 aliphatic heterocycles. The fraction of sp³-hybridized carbons (Fsp3) is 0. The van der Waals surface area contributed by atoms with Gasteiger partial charge in [0, 0.05) is 6.08 Å². The highest BCUT2D eigenvalue weighted by molar-refractivity contribution is 6.35. The summed E-state index contributed by atoms with van der Waals surface area (Å²) in [5, 5.41) is 10.9. The number of hydrogen-bond acceptors (Lipinski definition) is 5. The predicted molar refractivity (Wildman–Crippen MR) is 73.9 cm³/mol. The minimum absolute atomic E-state index is 0.0759. The Bertz CT molecular complexity index is 738. The summed E-state index contributed by atoms with van der Waals surface area (Å²) in [6, 6.07) is 9.39. The summed E-state index contributed by atoms with van der Waals surface area (Å²) in [4.78, 5) is 23.9. The maximum atomic E-state index is 12.0. The van der Waals surface area contributed by atoms with E-state index in [1.165, 1.54) is 18.2 Å². The molecule has 2 aliphatic rings. The molecule has 0 saturated carbocycles. The quantitative estimate of drug-likeness (QED) is 0.477. The van der Waals surface area contributed by atoms with Crippen LogP contribution in [0.15, 0.2) is 75.3 Å². The third kappa shape index (κ3) is 2.29. The lowest BCUT2D eigenvalue weighted by Gasteiger charge is -2.05. The summed E-state index contributed by atoms with van der Waals surface area (Å²) in [6.07, 6.45) is 5.75. The molecule has 1 heterocycles. The second-order valence-corrected chi connectivity index (χ2v) is 4.23. The number of benzene rings is 1. The molecule has 1 aromatic carbocycles. The summed E-state index contributed by atoms with van der Waals surface area (Å²) < 4.78 is 0. The molecule has 0 unspecified atom stereocenters. The molecule has 0 saturated heterocycles. The Hall–Kier alpha value is -2.95. The van der Waals surface area contributed by atoms with Crippen LogP contribution in [-0.2, 0) is 9.59 Å². The summed E-state index contributed by atoms with van der Waals surface area (Å²) in [7, 11) is 0. The third-order valence-corrected chi connectivity index (χ3v) is 2.87. The first-order valence-corrected chi connectivity index (χ1v) is 5.98. The number of carbonyl (C=O) groups is 2. The minimum atomic E-state index is -0.373. The lowest BCUT2D eigenvalue weighted by Crippen LogP contribution is -2.16. The van der Waals surface area contributed by atoms with Gasteiger partial charge < -0.3 is 0 Å². The van der Waals surface area contributed by atoms with Crippen molar-refractivity contribution in [3.05, 3.63) is 65.4 Å². The number of rotatable bonds is 3. The Morgan fingerprint density at radius 2 is 1.90 bits per heavy atom. The van der Waals surface area contributed by atoms with E-state index in [4.69, 9.17) is 0 Å². The number of allylic oxidation sites excluding steroid dienone is 4. The maximum Gasteiger partial charge on any atom is 0.192 e. The molecule has 20 heavy (non-hydrogen) atoms. The zero-order valence-corrected chi connectivity index (χ0v) is 10.4. The average molecular weight is 263 g/mol. The van der Waals surface area contributed by atoms with E-state index in [2.05, 4.69) is 15.4 Å². The lowest BCUT2D eigenvalue weighted by atomic mass is 9.97. The second-order valence-electron chi connectivity index (χ2n) is 4.23. The second kappa shape index (κ2) is 4.97. The zero-order valence-electron chi connectivity index (χ0n) is 10.4. The minimum Gasteiger partial charge on any atom is -0.289 e. The molecule has 3 rings (SSSR count). The van der Waals surface area contributed by atoms with Gasteiger partial charge >= 0.3 is 0 Å². The fourth-order valence-corrected chi connectivity index (χ4v) is 1.85. The lowest BCUT2D eigenvalue weighted by molar-refractivity contribution is -0.116. The van der Waals surface area contributed by atoms with Crippen molar-refractivity contribution in [3.63, 3.8) is 0 Å². The molecule has 0 atom stereocenters. The molecule has 0 N–H and O–H groups in total. The van der Waals surface area contributed by atoms with Crippen LogP contribution in [0.25, 0.3) is 6.08 Å². The van der Waals surface area contributed by atoms with Gasteiger partial charge in [0.15, 0.2) is 11.6 Å². The molecule has 5 heteroatoms. The van der Waals surface area contributed by atoms with Gasteiger partial charge in [0.1, 0.15) is 11.4 Å². The first-order chi connectivity index (χ1) is 9.74. The fourth-order valence-electron chi connectivity index (χ4n) is 1.85. The van der Waals surface area contributed by atoms with E-state index in [-0.39, 0.29) is 17.1 Å². The van der Waals surface area contributed by atoms with E-state index < -0.39 is 0 Å². The molecule has 0 amide bonds. The highest BCUT2D eigenvalue weighted by Gasteiger charge is 2.24. The van der Waals surface area contributed by atoms with E-state index in [1.54, 1.807) is 6.08 Å². The normalized spacial score (nSPS) is 16.8. The van der Waals surface area contributed by atoms with Gasteiger partial charge in [-0.3, -0.25) is 9.59 Å². The van der Waals surface area contributed by atoms with Crippen LogP contribution in [0.4, 0.5) is 0 Å². The number of fused-ring (bicyclic) bond motifs is 1. The number of nitrogens with zero attached hydrogens (tertiary/aromatic N) is 3. The van der Waals surface area contributed by atoms with Crippen molar-refractivity contribution < 1.29 is 9.59 Å². The molecule has 0 fully saturated rings. The first kappa shape index (κ1) is 12.1. The van der Waals surface area contributed by atoms with Crippen LogP contribution in [0.3, 0.4) is 0 Å². The van der Waals surface area contributed by atoms with Gasteiger partial charge in [-0.25, -0.2) is 0 Å². The third-order valence-electron chi connectivity index (χ3n) is 2.87. The molecule has 1 aliphatic carbocycles. The Kier molecular flexibility index (Phi) is 3.01. The Labute approximate surface area is 114 Å². The van der Waals surface area contributed by atoms with Crippen LogP contribution in [0.5, 0.6) is 0 Å². The molecule has 1 aromatic rings. The predicted octanol–water partition coefficient (Wildman–Crippen LogP) is 2.48. The van der Waals surface area contributed by atoms with Gasteiger partial charge in [0.05, 0.1) is 5.57 Å². The van der Waals surface area contributed by atoms with Crippen molar-refractivity contribution in [1.29, 1.82) is 0 Å². The molecule has 5 nitrogen and oxygen atoms in total. The van der Waals surface area contributed by atoms with Gasteiger partial charge in [-0.1, -0.05) is 36.4 Å². The summed E-state index contributed by atoms with van der Waals surface area (Å²) in [6.45, 7) is 0. The summed E-state index contributed by atoms with van der Waals surface area (Å²) in [5.41, 5.74) is 1.82. The Balaban J connectivity index is 1.82. The van der Waals surface area contributed by atoms with Crippen LogP contribution >= 0.6 is 0 Å². The molecule has 96 valence electrons. The number of carbonyl (C=O) groups excluding carboxylic acids is 2. The van der Waals surface area contributed by atoms with Gasteiger partial charge in [-0.05, 0) is 22.9 Å². The van der Waals surface area contributed by atoms with Gasteiger partial charge in [-0.15, -0.1) is 10.2 Å². The number of ketones is 2. The van der Waals surface area contributed by atoms with E-state index in [9.17, 15) is 9.59 Å². The SMILES string of the molecule is O=C(C=Cc1ccccc1)C1=CC2=NN=NC2=CC1=O. The highest BCUT2D eigenvalue weighted by atomic mass is 16.1. The average Bonchev–Trinajstić information content (AvgIpc) is 2.92. The maximum absolute atomic E-state index is 12.0. The van der Waals surface area contributed by atoms with Crippen LogP contribution in [-0.4, -0.2) is 17.3 Å². The van der Waals surface area contributed by atoms with Crippen molar-refractivity contribution in [1.82, 2.24) is 0 Å². The van der Waals surface area contributed by atoms with Crippen molar-refractivity contribution in [3.8, 4) is 0 Å². The molecule has 0 radical (unpaired) electrons. The van der Waals surface area contributed by atoms with Gasteiger partial charge in [0.2, 0.25) is 0 Å². The van der Waals surface area contributed by atoms with E-state index in [1.807, 2.05) is 30.3 Å². The van der Waals surface area contributed by atoms with E-state index in [0.717, 1.165) is 5.56 Å². The van der Waals surface area contributed by atoms with Crippen molar-refractivity contribution in [2.75, 3.05) is 0 Å². The number of hydrogen-bond donors (Lipinski definition) is 0. The van der Waals surface area contributed by atoms with Crippen molar-refractivity contribution >= 4 is 23.4 Å². The van der Waals surface area contributed by atoms with Crippen molar-refractivity contribution in [2.24, 2.45) is 15.4 Å². The zero-order chi connectivity index (χ0) is 13.9. The smallest absolute Gasteiger partial charge is 0.192 e. The highest BCUT2D eigenvalue weighted by Crippen LogP contribution is 2.19. The summed E-state index contributed by atoms with van der Waals surface area (Å²) >= 11 is 0. The standard InChI is InChI=1S/C15H9N3O2/c19-14(7-6-10-4-2-1-3-5-10)11-8-12-13(9-15(11)20)17-18-16-12/h1-9H. The monoisotopic (exact) mass is 263 g/mol. The van der Waals surface area contributed by atoms with E-state index in [0.29, 0.717) is 11.4 Å². The Morgan fingerprint density at radius 3 is 2.70 bits per heavy atom. The topological polar surface area (TPSA) is 71.2 Å². The Morgan fingerprint density at radius 1 is 1.10 bits per heavy atom. The van der Waals surface area contributed by atoms with Crippen LogP contribution in [0.1, 0.15) is 5.56 Å². The van der Waals surface area contributed by atoms with E-state index >= 15 is 0 Å². The molecule has 0 aromatic heterocycles. The van der Waals surface area contributed by atoms with Crippen molar-refractivity contribution in [2.45, 2.75) is 0 Å². The molecule has 0 spiro atoms. The van der Waals surface area contributed by atoms with Crippen LogP contribution in [0, 0.1) is 0 Å². The molecular formula is C15H9N3O2. The summed E-state index contributed by atoms with van der Waals surface area (Å²) in [5.74, 6) is -0.730. The van der Waals surface area contributed by atoms with Crippen LogP contribution in [0.2, 0.25) is 0 Å².